The van der Waals surface area contributed by atoms with Crippen LogP contribution < -0.4 is 5.32 Å². The van der Waals surface area contributed by atoms with Crippen LogP contribution in [0, 0.1) is 0 Å². The second kappa shape index (κ2) is 4.33. The topological polar surface area (TPSA) is 33.1 Å². The van der Waals surface area contributed by atoms with Gasteiger partial charge in [0.1, 0.15) is 0 Å². The molecule has 1 aromatic rings. The lowest BCUT2D eigenvalue weighted by molar-refractivity contribution is 0.383. The molecule has 4 nitrogen and oxygen atoms in total. The fourth-order valence-electron chi connectivity index (χ4n) is 2.32. The summed E-state index contributed by atoms with van der Waals surface area (Å²) in [4.78, 5) is 2.37. The van der Waals surface area contributed by atoms with Crippen LogP contribution in [0.4, 0.5) is 0 Å². The van der Waals surface area contributed by atoms with Gasteiger partial charge in [-0.2, -0.15) is 5.10 Å². The zero-order chi connectivity index (χ0) is 10.8. The maximum atomic E-state index is 4.19. The van der Waals surface area contributed by atoms with E-state index in [-0.39, 0.29) is 0 Å². The van der Waals surface area contributed by atoms with Gasteiger partial charge >= 0.3 is 0 Å². The molecule has 1 saturated heterocycles. The molecule has 2 unspecified atom stereocenters. The highest BCUT2D eigenvalue weighted by Gasteiger charge is 2.21. The Morgan fingerprint density at radius 3 is 2.87 bits per heavy atom. The number of hydrogen-bond acceptors (Lipinski definition) is 3. The van der Waals surface area contributed by atoms with Crippen molar-refractivity contribution in [2.24, 2.45) is 7.05 Å². The molecule has 0 amide bonds. The Balaban J connectivity index is 1.92. The molecule has 4 heteroatoms. The lowest BCUT2D eigenvalue weighted by atomic mass is 10.2. The van der Waals surface area contributed by atoms with Crippen LogP contribution in [0.2, 0.25) is 0 Å². The summed E-state index contributed by atoms with van der Waals surface area (Å²) in [7, 11) is 4.17. The molecule has 0 bridgehead atoms. The molecule has 1 aliphatic heterocycles. The lowest BCUT2D eigenvalue weighted by Crippen LogP contribution is -2.34. The maximum absolute atomic E-state index is 4.19. The summed E-state index contributed by atoms with van der Waals surface area (Å²) in [5.74, 6) is 0. The molecule has 84 valence electrons. The third-order valence-electron chi connectivity index (χ3n) is 3.18. The average molecular weight is 208 g/mol. The number of aromatic nitrogens is 2. The molecule has 15 heavy (non-hydrogen) atoms. The Bertz CT molecular complexity index is 320. The number of likely N-dealkylation sites (tertiary alicyclic amines) is 1. The second-order valence-electron chi connectivity index (χ2n) is 4.52. The van der Waals surface area contributed by atoms with Gasteiger partial charge in [0, 0.05) is 31.9 Å². The van der Waals surface area contributed by atoms with Gasteiger partial charge in [-0.15, -0.1) is 0 Å². The van der Waals surface area contributed by atoms with E-state index in [1.165, 1.54) is 18.7 Å². The first-order valence-electron chi connectivity index (χ1n) is 5.59. The third kappa shape index (κ3) is 2.38. The van der Waals surface area contributed by atoms with Gasteiger partial charge < -0.3 is 10.2 Å². The molecule has 0 aliphatic carbocycles. The molecule has 1 aromatic heterocycles. The minimum Gasteiger partial charge on any atom is -0.305 e. The SMILES string of the molecule is CC(NC1CCN(C)C1)c1ccnn1C. The van der Waals surface area contributed by atoms with Crippen LogP contribution in [-0.2, 0) is 7.05 Å². The van der Waals surface area contributed by atoms with Crippen molar-refractivity contribution in [1.29, 1.82) is 0 Å². The molecule has 0 saturated carbocycles. The molecule has 0 aromatic carbocycles. The van der Waals surface area contributed by atoms with E-state index in [1.54, 1.807) is 0 Å². The number of rotatable bonds is 3. The fraction of sp³-hybridized carbons (Fsp3) is 0.727. The molecule has 1 N–H and O–H groups in total. The minimum atomic E-state index is 0.383. The highest BCUT2D eigenvalue weighted by atomic mass is 15.3. The van der Waals surface area contributed by atoms with Crippen molar-refractivity contribution in [3.8, 4) is 0 Å². The van der Waals surface area contributed by atoms with E-state index in [2.05, 4.69) is 35.4 Å². The summed E-state index contributed by atoms with van der Waals surface area (Å²) in [6.45, 7) is 4.56. The molecule has 0 spiro atoms. The highest BCUT2D eigenvalue weighted by molar-refractivity contribution is 5.06. The largest absolute Gasteiger partial charge is 0.305 e. The third-order valence-corrected chi connectivity index (χ3v) is 3.18. The zero-order valence-electron chi connectivity index (χ0n) is 9.77. The number of likely N-dealkylation sites (N-methyl/N-ethyl adjacent to an activating group) is 1. The van der Waals surface area contributed by atoms with E-state index >= 15 is 0 Å². The van der Waals surface area contributed by atoms with Crippen LogP contribution in [0.15, 0.2) is 12.3 Å². The van der Waals surface area contributed by atoms with Gasteiger partial charge in [-0.3, -0.25) is 4.68 Å². The quantitative estimate of drug-likeness (QED) is 0.796. The van der Waals surface area contributed by atoms with Crippen molar-refractivity contribution in [3.05, 3.63) is 18.0 Å². The number of aryl methyl sites for hydroxylation is 1. The first kappa shape index (κ1) is 10.6. The summed E-state index contributed by atoms with van der Waals surface area (Å²) in [6.07, 6.45) is 3.10. The van der Waals surface area contributed by atoms with Crippen molar-refractivity contribution < 1.29 is 0 Å². The predicted molar refractivity (Wildman–Crippen MR) is 60.7 cm³/mol. The molecular formula is C11H20N4. The number of nitrogens with zero attached hydrogens (tertiary/aromatic N) is 3. The van der Waals surface area contributed by atoms with E-state index in [1.807, 2.05) is 17.9 Å². The van der Waals surface area contributed by atoms with E-state index < -0.39 is 0 Å². The smallest absolute Gasteiger partial charge is 0.0547 e. The van der Waals surface area contributed by atoms with E-state index in [4.69, 9.17) is 0 Å². The summed E-state index contributed by atoms with van der Waals surface area (Å²) in [6, 6.07) is 3.09. The van der Waals surface area contributed by atoms with Crippen molar-refractivity contribution in [2.75, 3.05) is 20.1 Å². The number of hydrogen-bond donors (Lipinski definition) is 1. The Morgan fingerprint density at radius 2 is 2.33 bits per heavy atom. The first-order valence-corrected chi connectivity index (χ1v) is 5.59. The van der Waals surface area contributed by atoms with Crippen LogP contribution in [0.25, 0.3) is 0 Å². The molecular weight excluding hydrogens is 188 g/mol. The summed E-state index contributed by atoms with van der Waals surface area (Å²) in [5.41, 5.74) is 1.25. The van der Waals surface area contributed by atoms with Crippen molar-refractivity contribution in [2.45, 2.75) is 25.4 Å². The Hall–Kier alpha value is -0.870. The van der Waals surface area contributed by atoms with Gasteiger partial charge in [0.15, 0.2) is 0 Å². The van der Waals surface area contributed by atoms with Crippen molar-refractivity contribution in [3.63, 3.8) is 0 Å². The van der Waals surface area contributed by atoms with Crippen molar-refractivity contribution >= 4 is 0 Å². The highest BCUT2D eigenvalue weighted by Crippen LogP contribution is 2.15. The van der Waals surface area contributed by atoms with Crippen LogP contribution in [-0.4, -0.2) is 40.9 Å². The van der Waals surface area contributed by atoms with Gasteiger partial charge in [0.05, 0.1) is 5.69 Å². The summed E-state index contributed by atoms with van der Waals surface area (Å²) < 4.78 is 1.94. The zero-order valence-corrected chi connectivity index (χ0v) is 9.77. The Morgan fingerprint density at radius 1 is 1.53 bits per heavy atom. The lowest BCUT2D eigenvalue weighted by Gasteiger charge is -2.19. The Labute approximate surface area is 91.3 Å². The van der Waals surface area contributed by atoms with Gasteiger partial charge in [0.25, 0.3) is 0 Å². The first-order chi connectivity index (χ1) is 7.16. The standard InChI is InChI=1S/C11H20N4/c1-9(11-4-6-12-15(11)3)13-10-5-7-14(2)8-10/h4,6,9-10,13H,5,7-8H2,1-3H3. The van der Waals surface area contributed by atoms with Gasteiger partial charge in [0.2, 0.25) is 0 Å². The fourth-order valence-corrected chi connectivity index (χ4v) is 2.32. The summed E-state index contributed by atoms with van der Waals surface area (Å²) in [5, 5.41) is 7.84. The molecule has 2 rings (SSSR count). The minimum absolute atomic E-state index is 0.383. The van der Waals surface area contributed by atoms with Crippen LogP contribution >= 0.6 is 0 Å². The van der Waals surface area contributed by atoms with Crippen LogP contribution in [0.3, 0.4) is 0 Å². The predicted octanol–water partition coefficient (Wildman–Crippen LogP) is 0.775. The van der Waals surface area contributed by atoms with Crippen LogP contribution in [0.5, 0.6) is 0 Å². The summed E-state index contributed by atoms with van der Waals surface area (Å²) >= 11 is 0. The van der Waals surface area contributed by atoms with Gasteiger partial charge in [-0.1, -0.05) is 0 Å². The normalized spacial score (nSPS) is 24.6. The van der Waals surface area contributed by atoms with Crippen LogP contribution in [0.1, 0.15) is 25.1 Å². The van der Waals surface area contributed by atoms with E-state index in [0.717, 1.165) is 6.54 Å². The Kier molecular flexibility index (Phi) is 3.07. The molecule has 1 aliphatic rings. The monoisotopic (exact) mass is 208 g/mol. The van der Waals surface area contributed by atoms with E-state index in [0.29, 0.717) is 12.1 Å². The second-order valence-corrected chi connectivity index (χ2v) is 4.52. The molecule has 0 radical (unpaired) electrons. The maximum Gasteiger partial charge on any atom is 0.0547 e. The number of nitrogens with one attached hydrogen (secondary N) is 1. The van der Waals surface area contributed by atoms with Crippen molar-refractivity contribution in [1.82, 2.24) is 20.0 Å². The van der Waals surface area contributed by atoms with E-state index in [9.17, 15) is 0 Å². The van der Waals surface area contributed by atoms with Gasteiger partial charge in [-0.05, 0) is 33.0 Å². The molecule has 2 heterocycles. The van der Waals surface area contributed by atoms with Gasteiger partial charge in [-0.25, -0.2) is 0 Å². The molecule has 1 fully saturated rings. The molecule has 2 atom stereocenters. The average Bonchev–Trinajstić information content (AvgIpc) is 2.75.